The largest absolute Gasteiger partial charge is 0.355 e. The van der Waals surface area contributed by atoms with E-state index in [1.165, 1.54) is 12.8 Å². The Balaban J connectivity index is 1.14. The van der Waals surface area contributed by atoms with E-state index in [1.54, 1.807) is 12.1 Å². The second-order valence-electron chi connectivity index (χ2n) is 10.8. The number of rotatable bonds is 12. The average Bonchev–Trinajstić information content (AvgIpc) is 2.97. The van der Waals surface area contributed by atoms with Crippen LogP contribution < -0.4 is 15.5 Å². The van der Waals surface area contributed by atoms with Gasteiger partial charge < -0.3 is 20.3 Å². The van der Waals surface area contributed by atoms with E-state index in [0.29, 0.717) is 35.3 Å². The van der Waals surface area contributed by atoms with Gasteiger partial charge in [0.1, 0.15) is 12.4 Å². The van der Waals surface area contributed by atoms with Crippen LogP contribution in [0.4, 0.5) is 5.82 Å². The molecule has 0 spiro atoms. The molecule has 1 aromatic carbocycles. The number of amides is 1. The molecule has 1 saturated heterocycles. The summed E-state index contributed by atoms with van der Waals surface area (Å²) in [5.41, 5.74) is 1.91. The number of unbranched alkanes of at least 4 members (excludes halogenated alkanes) is 3. The lowest BCUT2D eigenvalue weighted by atomic mass is 9.91. The number of anilines is 1. The quantitative estimate of drug-likeness (QED) is 0.276. The Morgan fingerprint density at radius 1 is 1.03 bits per heavy atom. The van der Waals surface area contributed by atoms with Crippen LogP contribution in [0.25, 0.3) is 0 Å². The molecule has 208 valence electrons. The van der Waals surface area contributed by atoms with Crippen LogP contribution in [0.3, 0.4) is 0 Å². The molecule has 2 heterocycles. The Kier molecular flexibility index (Phi) is 11.1. The lowest BCUT2D eigenvalue weighted by Gasteiger charge is -2.32. The number of piperidine rings is 1. The van der Waals surface area contributed by atoms with Gasteiger partial charge in [0.25, 0.3) is 5.91 Å². The van der Waals surface area contributed by atoms with Gasteiger partial charge in [-0.2, -0.15) is 5.26 Å². The van der Waals surface area contributed by atoms with Crippen LogP contribution in [-0.4, -0.2) is 47.6 Å². The van der Waals surface area contributed by atoms with Crippen LogP contribution in [0.15, 0.2) is 30.3 Å². The van der Waals surface area contributed by atoms with Crippen molar-refractivity contribution in [3.8, 4) is 6.07 Å². The standard InChI is InChI=1S/C30H39ClN6O2/c31-27-19-23(6-7-24(27)20-32)21-33-25-8-10-26(11-9-25)34-30(39)28-12-13-29(36-35-28)37-16-14-22(15-17-37)5-3-1-2-4-18-38/h6-7,12-13,18-19,22,25-26,33H,1-5,8-11,14-17,21H2,(H,34,39). The first-order valence-corrected chi connectivity index (χ1v) is 14.7. The first kappa shape index (κ1) is 29.0. The van der Waals surface area contributed by atoms with Crippen molar-refractivity contribution in [3.05, 3.63) is 52.2 Å². The molecule has 0 bridgehead atoms. The monoisotopic (exact) mass is 550 g/mol. The number of aldehydes is 1. The van der Waals surface area contributed by atoms with Gasteiger partial charge in [-0.3, -0.25) is 4.79 Å². The topological polar surface area (TPSA) is 111 Å². The maximum absolute atomic E-state index is 12.8. The molecule has 2 aliphatic rings. The lowest BCUT2D eigenvalue weighted by molar-refractivity contribution is -0.107. The number of hydrogen-bond acceptors (Lipinski definition) is 7. The zero-order valence-corrected chi connectivity index (χ0v) is 23.3. The maximum atomic E-state index is 12.8. The maximum Gasteiger partial charge on any atom is 0.272 e. The second-order valence-corrected chi connectivity index (χ2v) is 11.2. The van der Waals surface area contributed by atoms with Crippen LogP contribution in [0.5, 0.6) is 0 Å². The molecule has 39 heavy (non-hydrogen) atoms. The van der Waals surface area contributed by atoms with Crippen LogP contribution >= 0.6 is 11.6 Å². The number of carbonyl (C=O) groups is 2. The fraction of sp³-hybridized carbons (Fsp3) is 0.567. The molecule has 2 fully saturated rings. The van der Waals surface area contributed by atoms with Gasteiger partial charge in [-0.05, 0) is 80.7 Å². The highest BCUT2D eigenvalue weighted by molar-refractivity contribution is 6.31. The number of benzene rings is 1. The highest BCUT2D eigenvalue weighted by Crippen LogP contribution is 2.26. The summed E-state index contributed by atoms with van der Waals surface area (Å²) in [6.07, 6.45) is 12.4. The van der Waals surface area contributed by atoms with Gasteiger partial charge in [-0.1, -0.05) is 36.9 Å². The van der Waals surface area contributed by atoms with Gasteiger partial charge in [0.15, 0.2) is 11.5 Å². The molecular formula is C30H39ClN6O2. The van der Waals surface area contributed by atoms with Crippen LogP contribution in [0, 0.1) is 17.2 Å². The number of halogens is 1. The van der Waals surface area contributed by atoms with E-state index in [1.807, 2.05) is 18.2 Å². The summed E-state index contributed by atoms with van der Waals surface area (Å²) in [7, 11) is 0. The highest BCUT2D eigenvalue weighted by Gasteiger charge is 2.24. The average molecular weight is 551 g/mol. The molecule has 1 saturated carbocycles. The van der Waals surface area contributed by atoms with Crippen molar-refractivity contribution in [2.45, 2.75) is 89.3 Å². The Bertz CT molecular complexity index is 1120. The third-order valence-electron chi connectivity index (χ3n) is 8.07. The van der Waals surface area contributed by atoms with E-state index < -0.39 is 0 Å². The Morgan fingerprint density at radius 3 is 2.46 bits per heavy atom. The fourth-order valence-electron chi connectivity index (χ4n) is 5.63. The first-order valence-electron chi connectivity index (χ1n) is 14.3. The van der Waals surface area contributed by atoms with E-state index >= 15 is 0 Å². The summed E-state index contributed by atoms with van der Waals surface area (Å²) in [5.74, 6) is 1.42. The van der Waals surface area contributed by atoms with Gasteiger partial charge in [0.05, 0.1) is 10.6 Å². The summed E-state index contributed by atoms with van der Waals surface area (Å²) >= 11 is 6.14. The van der Waals surface area contributed by atoms with E-state index in [9.17, 15) is 9.59 Å². The number of nitrogens with one attached hydrogen (secondary N) is 2. The second kappa shape index (κ2) is 14.9. The molecule has 4 rings (SSSR count). The minimum absolute atomic E-state index is 0.138. The lowest BCUT2D eigenvalue weighted by Crippen LogP contribution is -2.42. The molecule has 9 heteroatoms. The van der Waals surface area contributed by atoms with Crippen molar-refractivity contribution >= 4 is 29.6 Å². The summed E-state index contributed by atoms with van der Waals surface area (Å²) in [6.45, 7) is 2.64. The van der Waals surface area contributed by atoms with E-state index in [4.69, 9.17) is 16.9 Å². The zero-order chi connectivity index (χ0) is 27.5. The van der Waals surface area contributed by atoms with E-state index in [0.717, 1.165) is 88.0 Å². The van der Waals surface area contributed by atoms with Crippen molar-refractivity contribution in [2.24, 2.45) is 5.92 Å². The van der Waals surface area contributed by atoms with Gasteiger partial charge in [-0.15, -0.1) is 10.2 Å². The Hall–Kier alpha value is -3.02. The number of hydrogen-bond donors (Lipinski definition) is 2. The van der Waals surface area contributed by atoms with Gasteiger partial charge in [0.2, 0.25) is 0 Å². The van der Waals surface area contributed by atoms with Crippen molar-refractivity contribution in [1.29, 1.82) is 5.26 Å². The summed E-state index contributed by atoms with van der Waals surface area (Å²) < 4.78 is 0. The molecule has 0 unspecified atom stereocenters. The number of aromatic nitrogens is 2. The van der Waals surface area contributed by atoms with Crippen LogP contribution in [-0.2, 0) is 11.3 Å². The minimum atomic E-state index is -0.161. The molecule has 2 N–H and O–H groups in total. The van der Waals surface area contributed by atoms with Gasteiger partial charge in [-0.25, -0.2) is 0 Å². The third kappa shape index (κ3) is 8.74. The first-order chi connectivity index (χ1) is 19.1. The summed E-state index contributed by atoms with van der Waals surface area (Å²) in [4.78, 5) is 25.5. The molecule has 2 aromatic rings. The molecule has 1 amide bonds. The normalized spacial score (nSPS) is 19.8. The van der Waals surface area contributed by atoms with Gasteiger partial charge in [0, 0.05) is 38.1 Å². The predicted molar refractivity (Wildman–Crippen MR) is 153 cm³/mol. The molecular weight excluding hydrogens is 512 g/mol. The van der Waals surface area contributed by atoms with Crippen LogP contribution in [0.2, 0.25) is 5.02 Å². The zero-order valence-electron chi connectivity index (χ0n) is 22.6. The molecule has 1 aromatic heterocycles. The predicted octanol–water partition coefficient (Wildman–Crippen LogP) is 5.20. The van der Waals surface area contributed by atoms with E-state index in [2.05, 4.69) is 31.8 Å². The molecule has 0 radical (unpaired) electrons. The highest BCUT2D eigenvalue weighted by atomic mass is 35.5. The molecule has 8 nitrogen and oxygen atoms in total. The number of nitriles is 1. The summed E-state index contributed by atoms with van der Waals surface area (Å²) in [6, 6.07) is 11.8. The molecule has 0 atom stereocenters. The summed E-state index contributed by atoms with van der Waals surface area (Å²) in [5, 5.41) is 24.8. The number of nitrogens with zero attached hydrogens (tertiary/aromatic N) is 4. The smallest absolute Gasteiger partial charge is 0.272 e. The molecule has 1 aliphatic carbocycles. The Morgan fingerprint density at radius 2 is 1.79 bits per heavy atom. The van der Waals surface area contributed by atoms with E-state index in [-0.39, 0.29) is 11.9 Å². The molecule has 1 aliphatic heterocycles. The van der Waals surface area contributed by atoms with Gasteiger partial charge >= 0.3 is 0 Å². The minimum Gasteiger partial charge on any atom is -0.355 e. The fourth-order valence-corrected chi connectivity index (χ4v) is 5.87. The van der Waals surface area contributed by atoms with Crippen molar-refractivity contribution in [1.82, 2.24) is 20.8 Å². The number of carbonyl (C=O) groups excluding carboxylic acids is 2. The van der Waals surface area contributed by atoms with Crippen molar-refractivity contribution in [3.63, 3.8) is 0 Å². The van der Waals surface area contributed by atoms with Crippen LogP contribution in [0.1, 0.15) is 92.2 Å². The van der Waals surface area contributed by atoms with Crippen molar-refractivity contribution < 1.29 is 9.59 Å². The third-order valence-corrected chi connectivity index (χ3v) is 8.38. The van der Waals surface area contributed by atoms with Crippen molar-refractivity contribution in [2.75, 3.05) is 18.0 Å². The SMILES string of the molecule is N#Cc1ccc(CNC2CCC(NC(=O)c3ccc(N4CCC(CCCCCC=O)CC4)nn3)CC2)cc1Cl. The Labute approximate surface area is 236 Å².